The molecular weight excluding hydrogens is 442 g/mol. The molecule has 0 aliphatic heterocycles. The lowest BCUT2D eigenvalue weighted by atomic mass is 9.82. The van der Waals surface area contributed by atoms with Gasteiger partial charge in [-0.2, -0.15) is 12.6 Å². The Labute approximate surface area is 213 Å². The van der Waals surface area contributed by atoms with Crippen LogP contribution >= 0.6 is 21.9 Å². The van der Waals surface area contributed by atoms with Crippen LogP contribution in [0.2, 0.25) is 0 Å². The molecule has 1 rings (SSSR count). The second kappa shape index (κ2) is 18.7. The Kier molecular flexibility index (Phi) is 17.3. The highest BCUT2D eigenvalue weighted by Gasteiger charge is 2.22. The first kappa shape index (κ1) is 30.4. The van der Waals surface area contributed by atoms with E-state index in [1.165, 1.54) is 69.2 Å². The second-order valence-electron chi connectivity index (χ2n) is 9.87. The van der Waals surface area contributed by atoms with E-state index in [1.807, 2.05) is 6.08 Å². The van der Waals surface area contributed by atoms with Gasteiger partial charge in [-0.1, -0.05) is 94.3 Å². The molecule has 0 bridgehead atoms. The van der Waals surface area contributed by atoms with Crippen molar-refractivity contribution >= 4 is 21.9 Å². The van der Waals surface area contributed by atoms with Crippen LogP contribution in [-0.4, -0.2) is 5.25 Å². The Morgan fingerprint density at radius 2 is 1.85 bits per heavy atom. The lowest BCUT2D eigenvalue weighted by Gasteiger charge is -2.24. The zero-order valence-corrected chi connectivity index (χ0v) is 23.6. The van der Waals surface area contributed by atoms with Gasteiger partial charge in [0.1, 0.15) is 5.83 Å². The lowest BCUT2D eigenvalue weighted by Crippen LogP contribution is -2.12. The molecule has 0 amide bonds. The fourth-order valence-corrected chi connectivity index (χ4v) is 5.59. The van der Waals surface area contributed by atoms with Crippen LogP contribution in [0.5, 0.6) is 0 Å². The van der Waals surface area contributed by atoms with Gasteiger partial charge in [0.15, 0.2) is 0 Å². The molecule has 1 aliphatic carbocycles. The van der Waals surface area contributed by atoms with Gasteiger partial charge in [-0.15, -0.1) is 9.24 Å². The molecule has 188 valence electrons. The largest absolute Gasteiger partial charge is 0.208 e. The van der Waals surface area contributed by atoms with Crippen molar-refractivity contribution in [2.75, 3.05) is 0 Å². The van der Waals surface area contributed by atoms with Gasteiger partial charge in [0, 0.05) is 5.25 Å². The molecule has 1 saturated carbocycles. The van der Waals surface area contributed by atoms with Gasteiger partial charge in [0.05, 0.1) is 0 Å². The van der Waals surface area contributed by atoms with Gasteiger partial charge in [0.25, 0.3) is 0 Å². The number of hydrogen-bond donors (Lipinski definition) is 1. The Hall–Kier alpha value is -0.590. The van der Waals surface area contributed by atoms with Crippen LogP contribution in [0.25, 0.3) is 0 Å². The van der Waals surface area contributed by atoms with Crippen LogP contribution in [0.1, 0.15) is 104 Å². The summed E-state index contributed by atoms with van der Waals surface area (Å²) in [5, 5.41) is 1.89. The van der Waals surface area contributed by atoms with Crippen molar-refractivity contribution in [1.82, 2.24) is 0 Å². The minimum Gasteiger partial charge on any atom is -0.208 e. The maximum atomic E-state index is 12.7. The monoisotopic (exact) mass is 492 g/mol. The number of thiol groups is 1. The van der Waals surface area contributed by atoms with E-state index in [9.17, 15) is 4.39 Å². The van der Waals surface area contributed by atoms with Crippen LogP contribution in [0.4, 0.5) is 4.39 Å². The van der Waals surface area contributed by atoms with Crippen molar-refractivity contribution in [1.29, 1.82) is 0 Å². The first-order chi connectivity index (χ1) is 15.9. The normalized spacial score (nSPS) is 22.6. The van der Waals surface area contributed by atoms with Crippen molar-refractivity contribution in [3.05, 3.63) is 59.7 Å². The topological polar surface area (TPSA) is 0 Å². The molecule has 0 aromatic heterocycles. The van der Waals surface area contributed by atoms with Gasteiger partial charge < -0.3 is 0 Å². The third-order valence-electron chi connectivity index (χ3n) is 7.19. The maximum absolute atomic E-state index is 12.7. The molecule has 0 N–H and O–H groups in total. The van der Waals surface area contributed by atoms with Gasteiger partial charge in [0.2, 0.25) is 0 Å². The van der Waals surface area contributed by atoms with Gasteiger partial charge in [-0.3, -0.25) is 0 Å². The molecule has 1 fully saturated rings. The molecule has 0 heterocycles. The van der Waals surface area contributed by atoms with Crippen molar-refractivity contribution < 1.29 is 4.39 Å². The average molecular weight is 493 g/mol. The van der Waals surface area contributed by atoms with Crippen molar-refractivity contribution in [2.24, 2.45) is 17.8 Å². The molecule has 33 heavy (non-hydrogen) atoms. The van der Waals surface area contributed by atoms with Crippen LogP contribution < -0.4 is 0 Å². The fourth-order valence-electron chi connectivity index (χ4n) is 5.00. The highest BCUT2D eigenvalue weighted by atomic mass is 32.1. The van der Waals surface area contributed by atoms with E-state index >= 15 is 0 Å². The lowest BCUT2D eigenvalue weighted by molar-refractivity contribution is 0.290. The molecule has 0 aromatic rings. The minimum atomic E-state index is -0.386. The van der Waals surface area contributed by atoms with E-state index in [2.05, 4.69) is 60.9 Å². The Bertz CT molecular complexity index is 660. The van der Waals surface area contributed by atoms with E-state index in [1.54, 1.807) is 5.57 Å². The summed E-state index contributed by atoms with van der Waals surface area (Å²) in [7, 11) is 2.85. The number of rotatable bonds is 15. The highest BCUT2D eigenvalue weighted by Crippen LogP contribution is 2.34. The zero-order valence-electron chi connectivity index (χ0n) is 21.6. The molecule has 0 nitrogen and oxygen atoms in total. The van der Waals surface area contributed by atoms with Crippen molar-refractivity contribution in [2.45, 2.75) is 109 Å². The molecule has 3 heteroatoms. The number of hydrogen-bond acceptors (Lipinski definition) is 1. The summed E-state index contributed by atoms with van der Waals surface area (Å²) in [5.41, 5.74) is 1.59. The van der Waals surface area contributed by atoms with Crippen molar-refractivity contribution in [3.63, 3.8) is 0 Å². The standard InChI is InChI=1S/C30H50FPS/c1-5-7-8-15-28(20-22-29(32)18-10-9-14-25(4)31)26(6-2)16-11-13-24(3)27-17-12-19-30(33)23-21-27/h7-9,14,18,20,24,26-27,30,33H,4-6,10-13,15-17,19,21-23,32H2,1-3H3/b8-7-,14-9-,28-20?,29-18-. The predicted octanol–water partition coefficient (Wildman–Crippen LogP) is 10.6. The van der Waals surface area contributed by atoms with E-state index in [-0.39, 0.29) is 5.83 Å². The molecule has 5 unspecified atom stereocenters. The number of allylic oxidation sites excluding steroid dienone is 9. The van der Waals surface area contributed by atoms with Crippen LogP contribution in [-0.2, 0) is 0 Å². The summed E-state index contributed by atoms with van der Waals surface area (Å²) in [6.45, 7) is 10.3. The third-order valence-corrected chi connectivity index (χ3v) is 8.18. The van der Waals surface area contributed by atoms with E-state index < -0.39 is 0 Å². The number of halogens is 1. The summed E-state index contributed by atoms with van der Waals surface area (Å²) in [4.78, 5) is 0. The van der Waals surface area contributed by atoms with Gasteiger partial charge >= 0.3 is 0 Å². The summed E-state index contributed by atoms with van der Waals surface area (Å²) in [5.74, 6) is 2.02. The van der Waals surface area contributed by atoms with Crippen LogP contribution in [0, 0.1) is 17.8 Å². The quantitative estimate of drug-likeness (QED) is 0.0759. The first-order valence-corrected chi connectivity index (χ1v) is 14.4. The summed E-state index contributed by atoms with van der Waals surface area (Å²) >= 11 is 4.73. The Morgan fingerprint density at radius 3 is 2.55 bits per heavy atom. The molecule has 1 aliphatic rings. The molecular formula is C30H50FPS. The average Bonchev–Trinajstić information content (AvgIpc) is 3.01. The van der Waals surface area contributed by atoms with Gasteiger partial charge in [-0.25, -0.2) is 4.39 Å². The summed E-state index contributed by atoms with van der Waals surface area (Å²) in [6, 6.07) is 0. The zero-order chi connectivity index (χ0) is 24.5. The maximum Gasteiger partial charge on any atom is 0.115 e. The SMILES string of the molecule is C=C(F)/C=C\C/C=C(\P)CC=C(C/C=C\CC)C(CC)CCCC(C)C1CCCC(S)CC1. The van der Waals surface area contributed by atoms with E-state index in [0.29, 0.717) is 11.2 Å². The van der Waals surface area contributed by atoms with Crippen LogP contribution in [0.3, 0.4) is 0 Å². The fraction of sp³-hybridized carbons (Fsp3) is 0.667. The molecule has 5 atom stereocenters. The van der Waals surface area contributed by atoms with E-state index in [4.69, 9.17) is 12.6 Å². The Balaban J connectivity index is 2.66. The first-order valence-electron chi connectivity index (χ1n) is 13.3. The molecule has 0 radical (unpaired) electrons. The smallest absolute Gasteiger partial charge is 0.115 e. The van der Waals surface area contributed by atoms with E-state index in [0.717, 1.165) is 37.5 Å². The molecule has 0 aromatic carbocycles. The highest BCUT2D eigenvalue weighted by molar-refractivity contribution is 7.80. The molecule has 0 saturated heterocycles. The predicted molar refractivity (Wildman–Crippen MR) is 155 cm³/mol. The summed E-state index contributed by atoms with van der Waals surface area (Å²) in [6.07, 6.45) is 28.3. The third kappa shape index (κ3) is 14.4. The summed E-state index contributed by atoms with van der Waals surface area (Å²) < 4.78 is 12.7. The van der Waals surface area contributed by atoms with Crippen LogP contribution in [0.15, 0.2) is 59.7 Å². The van der Waals surface area contributed by atoms with Gasteiger partial charge in [-0.05, 0) is 81.6 Å². The molecule has 0 spiro atoms. The minimum absolute atomic E-state index is 0.386. The second-order valence-corrected chi connectivity index (χ2v) is 11.3. The Morgan fingerprint density at radius 1 is 1.06 bits per heavy atom. The van der Waals surface area contributed by atoms with Crippen molar-refractivity contribution in [3.8, 4) is 0 Å².